The third-order valence-electron chi connectivity index (χ3n) is 3.73. The van der Waals surface area contributed by atoms with Gasteiger partial charge in [0.05, 0.1) is 0 Å². The third-order valence-corrected chi connectivity index (χ3v) is 5.00. The number of anilines is 1. The SMILES string of the molecule is O=C(Nc1ccccc1)C(Sc1ccccc1)C(O)c1ccccc1. The Labute approximate surface area is 151 Å². The fraction of sp³-hybridized carbons (Fsp3) is 0.0952. The summed E-state index contributed by atoms with van der Waals surface area (Å²) in [5.74, 6) is -0.226. The van der Waals surface area contributed by atoms with Crippen molar-refractivity contribution in [2.45, 2.75) is 16.2 Å². The second-order valence-corrected chi connectivity index (χ2v) is 6.78. The largest absolute Gasteiger partial charge is 0.387 e. The summed E-state index contributed by atoms with van der Waals surface area (Å²) in [4.78, 5) is 13.8. The number of amides is 1. The quantitative estimate of drug-likeness (QED) is 0.643. The van der Waals surface area contributed by atoms with Crippen LogP contribution in [0, 0.1) is 0 Å². The molecule has 3 rings (SSSR count). The lowest BCUT2D eigenvalue weighted by Crippen LogP contribution is -2.31. The van der Waals surface area contributed by atoms with Crippen molar-refractivity contribution < 1.29 is 9.90 Å². The lowest BCUT2D eigenvalue weighted by Gasteiger charge is -2.22. The lowest BCUT2D eigenvalue weighted by molar-refractivity contribution is -0.117. The van der Waals surface area contributed by atoms with Crippen molar-refractivity contribution in [1.82, 2.24) is 0 Å². The zero-order chi connectivity index (χ0) is 17.5. The van der Waals surface area contributed by atoms with Gasteiger partial charge in [0, 0.05) is 10.6 Å². The van der Waals surface area contributed by atoms with Crippen molar-refractivity contribution in [3.8, 4) is 0 Å². The first kappa shape index (κ1) is 17.3. The topological polar surface area (TPSA) is 49.3 Å². The average Bonchev–Trinajstić information content (AvgIpc) is 2.68. The second kappa shape index (κ2) is 8.51. The van der Waals surface area contributed by atoms with E-state index in [2.05, 4.69) is 5.32 Å². The fourth-order valence-electron chi connectivity index (χ4n) is 2.47. The summed E-state index contributed by atoms with van der Waals surface area (Å²) in [5, 5.41) is 13.0. The highest BCUT2D eigenvalue weighted by atomic mass is 32.2. The third kappa shape index (κ3) is 4.72. The minimum atomic E-state index is -0.907. The standard InChI is InChI=1S/C21H19NO2S/c23-19(16-10-4-1-5-11-16)20(25-18-14-8-3-9-15-18)21(24)22-17-12-6-2-7-13-17/h1-15,19-20,23H,(H,22,24). The Bertz CT molecular complexity index is 794. The van der Waals surface area contributed by atoms with Gasteiger partial charge in [-0.2, -0.15) is 0 Å². The van der Waals surface area contributed by atoms with Crippen molar-refractivity contribution in [2.24, 2.45) is 0 Å². The molecule has 0 saturated carbocycles. The Kier molecular flexibility index (Phi) is 5.88. The Balaban J connectivity index is 1.84. The Morgan fingerprint density at radius 3 is 1.92 bits per heavy atom. The highest BCUT2D eigenvalue weighted by molar-refractivity contribution is 8.00. The van der Waals surface area contributed by atoms with Crippen LogP contribution in [0.1, 0.15) is 11.7 Å². The van der Waals surface area contributed by atoms with E-state index in [4.69, 9.17) is 0 Å². The summed E-state index contributed by atoms with van der Waals surface area (Å²) in [7, 11) is 0. The van der Waals surface area contributed by atoms with E-state index in [1.807, 2.05) is 91.0 Å². The predicted octanol–water partition coefficient (Wildman–Crippen LogP) is 4.52. The number of carbonyl (C=O) groups is 1. The van der Waals surface area contributed by atoms with E-state index in [-0.39, 0.29) is 5.91 Å². The molecule has 3 aromatic rings. The van der Waals surface area contributed by atoms with Crippen LogP contribution in [0.4, 0.5) is 5.69 Å². The number of para-hydroxylation sites is 1. The summed E-state index contributed by atoms with van der Waals surface area (Å²) in [6.45, 7) is 0. The zero-order valence-corrected chi connectivity index (χ0v) is 14.4. The number of aliphatic hydroxyl groups excluding tert-OH is 1. The summed E-state index contributed by atoms with van der Waals surface area (Å²) in [5.41, 5.74) is 1.44. The summed E-state index contributed by atoms with van der Waals surface area (Å²) >= 11 is 1.36. The molecule has 0 spiro atoms. The highest BCUT2D eigenvalue weighted by Crippen LogP contribution is 2.33. The molecule has 0 heterocycles. The van der Waals surface area contributed by atoms with Crippen LogP contribution in [-0.4, -0.2) is 16.3 Å². The Morgan fingerprint density at radius 2 is 1.32 bits per heavy atom. The molecule has 25 heavy (non-hydrogen) atoms. The molecular weight excluding hydrogens is 330 g/mol. The van der Waals surface area contributed by atoms with Crippen LogP contribution >= 0.6 is 11.8 Å². The van der Waals surface area contributed by atoms with Crippen LogP contribution in [0.3, 0.4) is 0 Å². The predicted molar refractivity (Wildman–Crippen MR) is 103 cm³/mol. The van der Waals surface area contributed by atoms with Crippen molar-refractivity contribution in [1.29, 1.82) is 0 Å². The molecule has 2 unspecified atom stereocenters. The van der Waals surface area contributed by atoms with Crippen LogP contribution in [-0.2, 0) is 4.79 Å². The number of rotatable bonds is 6. The first-order valence-electron chi connectivity index (χ1n) is 8.04. The van der Waals surface area contributed by atoms with Gasteiger partial charge in [-0.3, -0.25) is 4.79 Å². The highest BCUT2D eigenvalue weighted by Gasteiger charge is 2.29. The molecular formula is C21H19NO2S. The maximum Gasteiger partial charge on any atom is 0.240 e. The molecule has 2 atom stereocenters. The maximum absolute atomic E-state index is 12.8. The van der Waals surface area contributed by atoms with E-state index in [0.29, 0.717) is 5.69 Å². The molecule has 0 bridgehead atoms. The minimum absolute atomic E-state index is 0.226. The van der Waals surface area contributed by atoms with Gasteiger partial charge in [0.25, 0.3) is 0 Å². The Morgan fingerprint density at radius 1 is 0.800 bits per heavy atom. The molecule has 1 amide bonds. The molecule has 126 valence electrons. The van der Waals surface area contributed by atoms with Crippen molar-refractivity contribution >= 4 is 23.4 Å². The summed E-state index contributed by atoms with van der Waals surface area (Å²) < 4.78 is 0. The minimum Gasteiger partial charge on any atom is -0.387 e. The molecule has 0 saturated heterocycles. The lowest BCUT2D eigenvalue weighted by atomic mass is 10.1. The van der Waals surface area contributed by atoms with Gasteiger partial charge in [-0.05, 0) is 29.8 Å². The normalized spacial score (nSPS) is 13.0. The molecule has 0 aromatic heterocycles. The van der Waals surface area contributed by atoms with Crippen LogP contribution in [0.15, 0.2) is 95.9 Å². The molecule has 3 aromatic carbocycles. The van der Waals surface area contributed by atoms with Gasteiger partial charge in [0.2, 0.25) is 5.91 Å². The van der Waals surface area contributed by atoms with Crippen LogP contribution in [0.5, 0.6) is 0 Å². The monoisotopic (exact) mass is 349 g/mol. The van der Waals surface area contributed by atoms with E-state index in [9.17, 15) is 9.90 Å². The zero-order valence-electron chi connectivity index (χ0n) is 13.6. The maximum atomic E-state index is 12.8. The van der Waals surface area contributed by atoms with E-state index >= 15 is 0 Å². The summed E-state index contributed by atoms with van der Waals surface area (Å²) in [6.07, 6.45) is -0.907. The number of aliphatic hydroxyl groups is 1. The molecule has 0 fully saturated rings. The van der Waals surface area contributed by atoms with E-state index in [1.54, 1.807) is 0 Å². The second-order valence-electron chi connectivity index (χ2n) is 5.56. The first-order valence-corrected chi connectivity index (χ1v) is 8.92. The van der Waals surface area contributed by atoms with E-state index < -0.39 is 11.4 Å². The molecule has 3 nitrogen and oxygen atoms in total. The van der Waals surface area contributed by atoms with Gasteiger partial charge in [0.1, 0.15) is 11.4 Å². The Hall–Kier alpha value is -2.56. The number of benzene rings is 3. The molecule has 2 N–H and O–H groups in total. The first-order chi connectivity index (χ1) is 12.2. The van der Waals surface area contributed by atoms with Gasteiger partial charge in [-0.25, -0.2) is 0 Å². The number of nitrogens with one attached hydrogen (secondary N) is 1. The molecule has 0 aliphatic heterocycles. The molecule has 4 heteroatoms. The summed E-state index contributed by atoms with van der Waals surface area (Å²) in [6, 6.07) is 28.2. The molecule has 0 aliphatic rings. The van der Waals surface area contributed by atoms with Gasteiger partial charge >= 0.3 is 0 Å². The number of hydrogen-bond acceptors (Lipinski definition) is 3. The van der Waals surface area contributed by atoms with Crippen molar-refractivity contribution in [3.05, 3.63) is 96.6 Å². The molecule has 0 aliphatic carbocycles. The van der Waals surface area contributed by atoms with Crippen LogP contribution < -0.4 is 5.32 Å². The van der Waals surface area contributed by atoms with Gasteiger partial charge in [0.15, 0.2) is 0 Å². The van der Waals surface area contributed by atoms with Gasteiger partial charge < -0.3 is 10.4 Å². The van der Waals surface area contributed by atoms with Crippen LogP contribution in [0.2, 0.25) is 0 Å². The fourth-order valence-corrected chi connectivity index (χ4v) is 3.53. The average molecular weight is 349 g/mol. The van der Waals surface area contributed by atoms with E-state index in [1.165, 1.54) is 11.8 Å². The van der Waals surface area contributed by atoms with Crippen molar-refractivity contribution in [3.63, 3.8) is 0 Å². The van der Waals surface area contributed by atoms with Gasteiger partial charge in [-0.15, -0.1) is 11.8 Å². The van der Waals surface area contributed by atoms with Crippen LogP contribution in [0.25, 0.3) is 0 Å². The number of thioether (sulfide) groups is 1. The number of hydrogen-bond donors (Lipinski definition) is 2. The smallest absolute Gasteiger partial charge is 0.240 e. The van der Waals surface area contributed by atoms with Crippen molar-refractivity contribution in [2.75, 3.05) is 5.32 Å². The molecule has 0 radical (unpaired) electrons. The van der Waals surface area contributed by atoms with E-state index in [0.717, 1.165) is 10.5 Å². The number of carbonyl (C=O) groups excluding carboxylic acids is 1. The van der Waals surface area contributed by atoms with Gasteiger partial charge in [-0.1, -0.05) is 66.7 Å².